The van der Waals surface area contributed by atoms with Crippen LogP contribution < -0.4 is 11.3 Å². The second kappa shape index (κ2) is 7.06. The number of aliphatic imine (C=N–C) groups is 2. The number of esters is 1. The molecule has 3 rings (SSSR count). The van der Waals surface area contributed by atoms with Crippen LogP contribution in [-0.2, 0) is 9.53 Å². The standard InChI is InChI=1S/C18H18N4O2/c1-24-16(23)11-15-18(22-19)21-14-10-6-5-9-13(14)17(20-15)12-7-3-2-4-8-12/h2-10,15H,11,19H2,1H3,(H,21,22)/t15-/m0/s1. The van der Waals surface area contributed by atoms with Gasteiger partial charge in [-0.1, -0.05) is 48.5 Å². The molecule has 0 amide bonds. The largest absolute Gasteiger partial charge is 0.469 e. The van der Waals surface area contributed by atoms with E-state index in [0.29, 0.717) is 5.84 Å². The minimum absolute atomic E-state index is 0.0594. The number of ether oxygens (including phenoxy) is 1. The summed E-state index contributed by atoms with van der Waals surface area (Å²) in [6.45, 7) is 0. The van der Waals surface area contributed by atoms with E-state index in [1.54, 1.807) is 0 Å². The topological polar surface area (TPSA) is 89.1 Å². The molecule has 2 aromatic rings. The number of nitrogens with one attached hydrogen (secondary N) is 1. The molecule has 0 spiro atoms. The number of nitrogens with zero attached hydrogens (tertiary/aromatic N) is 2. The average molecular weight is 322 g/mol. The fraction of sp³-hybridized carbons (Fsp3) is 0.167. The van der Waals surface area contributed by atoms with E-state index in [2.05, 4.69) is 10.4 Å². The van der Waals surface area contributed by atoms with Crippen LogP contribution in [0.4, 0.5) is 5.69 Å². The number of methoxy groups -OCH3 is 1. The lowest BCUT2D eigenvalue weighted by molar-refractivity contribution is -0.140. The number of carbonyl (C=O) groups excluding carboxylic acids is 1. The highest BCUT2D eigenvalue weighted by molar-refractivity contribution is 6.18. The summed E-state index contributed by atoms with van der Waals surface area (Å²) in [6, 6.07) is 16.9. The summed E-state index contributed by atoms with van der Waals surface area (Å²) < 4.78 is 4.77. The first kappa shape index (κ1) is 15.9. The molecular formula is C18H18N4O2. The zero-order chi connectivity index (χ0) is 16.9. The number of carbonyl (C=O) groups is 1. The van der Waals surface area contributed by atoms with Gasteiger partial charge in [-0.2, -0.15) is 0 Å². The Kier molecular flexibility index (Phi) is 4.67. The van der Waals surface area contributed by atoms with Crippen molar-refractivity contribution in [3.05, 3.63) is 65.7 Å². The summed E-state index contributed by atoms with van der Waals surface area (Å²) in [5.74, 6) is 5.68. The van der Waals surface area contributed by atoms with Crippen LogP contribution in [0.25, 0.3) is 0 Å². The molecular weight excluding hydrogens is 304 g/mol. The third kappa shape index (κ3) is 3.18. The Bertz CT molecular complexity index is 800. The Morgan fingerprint density at radius 3 is 2.58 bits per heavy atom. The number of hydrazine groups is 1. The molecule has 122 valence electrons. The fourth-order valence-electron chi connectivity index (χ4n) is 2.60. The molecule has 0 saturated carbocycles. The number of para-hydroxylation sites is 1. The van der Waals surface area contributed by atoms with Gasteiger partial charge in [0.1, 0.15) is 11.9 Å². The van der Waals surface area contributed by atoms with Crippen molar-refractivity contribution >= 4 is 23.2 Å². The van der Waals surface area contributed by atoms with Crippen LogP contribution in [0.1, 0.15) is 17.5 Å². The zero-order valence-electron chi connectivity index (χ0n) is 13.3. The molecule has 0 aliphatic carbocycles. The number of fused-ring (bicyclic) bond motifs is 1. The summed E-state index contributed by atoms with van der Waals surface area (Å²) in [6.07, 6.45) is 0.0594. The third-order valence-electron chi connectivity index (χ3n) is 3.78. The van der Waals surface area contributed by atoms with Gasteiger partial charge in [-0.3, -0.25) is 9.79 Å². The van der Waals surface area contributed by atoms with Crippen LogP contribution in [0, 0.1) is 0 Å². The van der Waals surface area contributed by atoms with Gasteiger partial charge in [-0.25, -0.2) is 10.8 Å². The number of benzene rings is 2. The van der Waals surface area contributed by atoms with Crippen LogP contribution in [0.2, 0.25) is 0 Å². The molecule has 1 aliphatic heterocycles. The first-order chi connectivity index (χ1) is 11.7. The molecule has 6 heteroatoms. The van der Waals surface area contributed by atoms with E-state index in [1.807, 2.05) is 54.6 Å². The predicted molar refractivity (Wildman–Crippen MR) is 93.4 cm³/mol. The van der Waals surface area contributed by atoms with Crippen molar-refractivity contribution in [3.63, 3.8) is 0 Å². The number of hydrogen-bond donors (Lipinski definition) is 2. The molecule has 0 radical (unpaired) electrons. The molecule has 3 N–H and O–H groups in total. The molecule has 0 fully saturated rings. The quantitative estimate of drug-likeness (QED) is 0.513. The summed E-state index contributed by atoms with van der Waals surface area (Å²) >= 11 is 0. The predicted octanol–water partition coefficient (Wildman–Crippen LogP) is 1.96. The molecule has 0 bridgehead atoms. The van der Waals surface area contributed by atoms with Crippen molar-refractivity contribution in [1.29, 1.82) is 0 Å². The Morgan fingerprint density at radius 2 is 1.88 bits per heavy atom. The van der Waals surface area contributed by atoms with Crippen molar-refractivity contribution in [3.8, 4) is 0 Å². The maximum Gasteiger partial charge on any atom is 0.308 e. The van der Waals surface area contributed by atoms with Gasteiger partial charge in [0.2, 0.25) is 0 Å². The third-order valence-corrected chi connectivity index (χ3v) is 3.78. The summed E-state index contributed by atoms with van der Waals surface area (Å²) in [5, 5.41) is 0. The van der Waals surface area contributed by atoms with Crippen molar-refractivity contribution in [2.24, 2.45) is 15.8 Å². The zero-order valence-corrected chi connectivity index (χ0v) is 13.3. The highest BCUT2D eigenvalue weighted by Crippen LogP contribution is 2.27. The Labute approximate surface area is 140 Å². The lowest BCUT2D eigenvalue weighted by Gasteiger charge is -2.13. The van der Waals surface area contributed by atoms with E-state index in [-0.39, 0.29) is 12.4 Å². The lowest BCUT2D eigenvalue weighted by Crippen LogP contribution is -2.39. The Hall–Kier alpha value is -2.99. The van der Waals surface area contributed by atoms with Crippen LogP contribution in [0.15, 0.2) is 64.6 Å². The van der Waals surface area contributed by atoms with E-state index in [9.17, 15) is 4.79 Å². The summed E-state index contributed by atoms with van der Waals surface area (Å²) in [5.41, 5.74) is 5.94. The van der Waals surface area contributed by atoms with E-state index < -0.39 is 6.04 Å². The minimum Gasteiger partial charge on any atom is -0.469 e. The number of rotatable bonds is 3. The minimum atomic E-state index is -0.537. The van der Waals surface area contributed by atoms with Crippen LogP contribution in [-0.4, -0.2) is 30.7 Å². The second-order valence-electron chi connectivity index (χ2n) is 5.30. The monoisotopic (exact) mass is 322 g/mol. The first-order valence-corrected chi connectivity index (χ1v) is 7.57. The second-order valence-corrected chi connectivity index (χ2v) is 5.30. The van der Waals surface area contributed by atoms with Crippen molar-refractivity contribution in [1.82, 2.24) is 5.43 Å². The average Bonchev–Trinajstić information content (AvgIpc) is 2.79. The molecule has 0 saturated heterocycles. The van der Waals surface area contributed by atoms with Crippen LogP contribution in [0.3, 0.4) is 0 Å². The highest BCUT2D eigenvalue weighted by atomic mass is 16.5. The van der Waals surface area contributed by atoms with Gasteiger partial charge in [0.05, 0.1) is 24.9 Å². The molecule has 0 unspecified atom stereocenters. The van der Waals surface area contributed by atoms with Crippen molar-refractivity contribution in [2.45, 2.75) is 12.5 Å². The molecule has 0 aromatic heterocycles. The van der Waals surface area contributed by atoms with Gasteiger partial charge in [-0.05, 0) is 6.07 Å². The number of amidine groups is 1. The fourth-order valence-corrected chi connectivity index (χ4v) is 2.60. The van der Waals surface area contributed by atoms with E-state index in [1.165, 1.54) is 7.11 Å². The van der Waals surface area contributed by atoms with Gasteiger partial charge < -0.3 is 10.2 Å². The van der Waals surface area contributed by atoms with E-state index >= 15 is 0 Å². The van der Waals surface area contributed by atoms with Crippen molar-refractivity contribution < 1.29 is 9.53 Å². The smallest absolute Gasteiger partial charge is 0.308 e. The highest BCUT2D eigenvalue weighted by Gasteiger charge is 2.25. The van der Waals surface area contributed by atoms with Gasteiger partial charge in [0.25, 0.3) is 0 Å². The molecule has 24 heavy (non-hydrogen) atoms. The first-order valence-electron chi connectivity index (χ1n) is 7.57. The van der Waals surface area contributed by atoms with Gasteiger partial charge >= 0.3 is 5.97 Å². The molecule has 2 aromatic carbocycles. The summed E-state index contributed by atoms with van der Waals surface area (Å²) in [7, 11) is 1.35. The van der Waals surface area contributed by atoms with Crippen LogP contribution >= 0.6 is 0 Å². The normalized spacial score (nSPS) is 16.3. The number of hydrogen-bond acceptors (Lipinski definition) is 6. The Morgan fingerprint density at radius 1 is 1.17 bits per heavy atom. The Balaban J connectivity index is 2.16. The number of nitrogens with two attached hydrogens (primary N) is 1. The van der Waals surface area contributed by atoms with Crippen molar-refractivity contribution in [2.75, 3.05) is 7.11 Å². The maximum absolute atomic E-state index is 11.8. The SMILES string of the molecule is COC(=O)C[C@@H]1N=C(c2ccccc2)c2ccccc2N=C1NN. The molecule has 1 atom stereocenters. The van der Waals surface area contributed by atoms with Gasteiger partial charge in [0, 0.05) is 11.1 Å². The molecule has 1 aliphatic rings. The van der Waals surface area contributed by atoms with Gasteiger partial charge in [0.15, 0.2) is 0 Å². The maximum atomic E-state index is 11.8. The molecule has 1 heterocycles. The molecule has 6 nitrogen and oxygen atoms in total. The van der Waals surface area contributed by atoms with Gasteiger partial charge in [-0.15, -0.1) is 0 Å². The van der Waals surface area contributed by atoms with E-state index in [0.717, 1.165) is 22.5 Å². The summed E-state index contributed by atoms with van der Waals surface area (Å²) in [4.78, 5) is 21.1. The lowest BCUT2D eigenvalue weighted by atomic mass is 10.0. The van der Waals surface area contributed by atoms with E-state index in [4.69, 9.17) is 15.6 Å². The van der Waals surface area contributed by atoms with Crippen LogP contribution in [0.5, 0.6) is 0 Å².